The van der Waals surface area contributed by atoms with Crippen molar-refractivity contribution in [3.63, 3.8) is 0 Å². The molecule has 5 nitrogen and oxygen atoms in total. The molecule has 1 aliphatic heterocycles. The lowest BCUT2D eigenvalue weighted by molar-refractivity contribution is 0.0955. The number of anilines is 1. The molecule has 0 unspecified atom stereocenters. The summed E-state index contributed by atoms with van der Waals surface area (Å²) in [5.74, 6) is 5.00. The number of rotatable bonds is 2. The first-order valence-corrected chi connectivity index (χ1v) is 7.02. The molecular formula is C12H20N4OS. The van der Waals surface area contributed by atoms with Crippen molar-refractivity contribution in [2.75, 3.05) is 18.0 Å². The molecule has 0 radical (unpaired) electrons. The maximum absolute atomic E-state index is 11.8. The van der Waals surface area contributed by atoms with Crippen LogP contribution in [0.3, 0.4) is 0 Å². The van der Waals surface area contributed by atoms with Crippen molar-refractivity contribution < 1.29 is 4.79 Å². The van der Waals surface area contributed by atoms with Crippen LogP contribution in [0.25, 0.3) is 0 Å². The Kier molecular flexibility index (Phi) is 3.59. The van der Waals surface area contributed by atoms with E-state index in [9.17, 15) is 4.79 Å². The molecule has 0 saturated carbocycles. The second-order valence-electron chi connectivity index (χ2n) is 5.59. The number of nitrogens with one attached hydrogen (secondary N) is 1. The number of carbonyl (C=O) groups excluding carboxylic acids is 1. The molecule has 2 heterocycles. The van der Waals surface area contributed by atoms with Crippen LogP contribution >= 0.6 is 11.3 Å². The molecule has 0 aliphatic carbocycles. The third kappa shape index (κ3) is 2.49. The number of thiazole rings is 1. The van der Waals surface area contributed by atoms with Gasteiger partial charge in [0.2, 0.25) is 0 Å². The van der Waals surface area contributed by atoms with Gasteiger partial charge in [-0.15, -0.1) is 0 Å². The molecule has 6 heteroatoms. The zero-order chi connectivity index (χ0) is 13.3. The quantitative estimate of drug-likeness (QED) is 0.486. The van der Waals surface area contributed by atoms with Crippen LogP contribution in [0, 0.1) is 0 Å². The van der Waals surface area contributed by atoms with E-state index in [4.69, 9.17) is 5.84 Å². The van der Waals surface area contributed by atoms with E-state index in [2.05, 4.69) is 36.1 Å². The fraction of sp³-hybridized carbons (Fsp3) is 0.667. The fourth-order valence-electron chi connectivity index (χ4n) is 2.08. The first kappa shape index (κ1) is 13.3. The van der Waals surface area contributed by atoms with Gasteiger partial charge in [-0.3, -0.25) is 10.2 Å². The summed E-state index contributed by atoms with van der Waals surface area (Å²) in [5.41, 5.74) is 2.89. The first-order valence-electron chi connectivity index (χ1n) is 6.20. The van der Waals surface area contributed by atoms with Crippen LogP contribution in [0.1, 0.15) is 49.0 Å². The fourth-order valence-corrected chi connectivity index (χ4v) is 3.31. The summed E-state index contributed by atoms with van der Waals surface area (Å²) in [7, 11) is 0. The summed E-state index contributed by atoms with van der Waals surface area (Å²) < 4.78 is 0. The summed E-state index contributed by atoms with van der Waals surface area (Å²) in [6.07, 6.45) is 2.39. The lowest BCUT2D eigenvalue weighted by atomic mass is 9.91. The molecule has 1 aromatic rings. The summed E-state index contributed by atoms with van der Waals surface area (Å²) in [6, 6.07) is 0. The Balaban J connectivity index is 2.40. The van der Waals surface area contributed by atoms with Gasteiger partial charge in [0.05, 0.1) is 5.69 Å². The van der Waals surface area contributed by atoms with Crippen molar-refractivity contribution in [3.05, 3.63) is 10.6 Å². The van der Waals surface area contributed by atoms with E-state index in [0.29, 0.717) is 4.88 Å². The highest BCUT2D eigenvalue weighted by atomic mass is 32.1. The Morgan fingerprint density at radius 3 is 2.50 bits per heavy atom. The number of hydrogen-bond donors (Lipinski definition) is 2. The van der Waals surface area contributed by atoms with Gasteiger partial charge in [0.25, 0.3) is 5.91 Å². The largest absolute Gasteiger partial charge is 0.348 e. The molecule has 0 spiro atoms. The van der Waals surface area contributed by atoms with E-state index in [1.807, 2.05) is 0 Å². The van der Waals surface area contributed by atoms with Crippen molar-refractivity contribution in [3.8, 4) is 0 Å². The molecular weight excluding hydrogens is 248 g/mol. The lowest BCUT2D eigenvalue weighted by Crippen LogP contribution is -2.31. The molecule has 1 amide bonds. The van der Waals surface area contributed by atoms with Gasteiger partial charge >= 0.3 is 0 Å². The van der Waals surface area contributed by atoms with Crippen LogP contribution in [0.2, 0.25) is 0 Å². The molecule has 0 aromatic carbocycles. The Morgan fingerprint density at radius 1 is 1.39 bits per heavy atom. The highest BCUT2D eigenvalue weighted by molar-refractivity contribution is 7.17. The van der Waals surface area contributed by atoms with Crippen LogP contribution < -0.4 is 16.2 Å². The van der Waals surface area contributed by atoms with Gasteiger partial charge < -0.3 is 4.90 Å². The van der Waals surface area contributed by atoms with Crippen LogP contribution in [0.4, 0.5) is 5.13 Å². The van der Waals surface area contributed by atoms with Gasteiger partial charge in [-0.1, -0.05) is 32.1 Å². The van der Waals surface area contributed by atoms with Crippen molar-refractivity contribution in [2.45, 2.75) is 39.0 Å². The maximum Gasteiger partial charge on any atom is 0.277 e. The molecule has 1 saturated heterocycles. The minimum atomic E-state index is -0.247. The van der Waals surface area contributed by atoms with Crippen LogP contribution in [0.15, 0.2) is 0 Å². The molecule has 100 valence electrons. The number of nitrogens with two attached hydrogens (primary N) is 1. The Bertz CT molecular complexity index is 443. The predicted molar refractivity (Wildman–Crippen MR) is 73.9 cm³/mol. The minimum Gasteiger partial charge on any atom is -0.348 e. The summed E-state index contributed by atoms with van der Waals surface area (Å²) in [6.45, 7) is 8.23. The second kappa shape index (κ2) is 4.85. The van der Waals surface area contributed by atoms with Gasteiger partial charge in [0.1, 0.15) is 4.88 Å². The first-order chi connectivity index (χ1) is 8.43. The molecule has 1 fully saturated rings. The number of carbonyl (C=O) groups is 1. The van der Waals surface area contributed by atoms with Crippen LogP contribution in [-0.2, 0) is 5.41 Å². The van der Waals surface area contributed by atoms with Crippen molar-refractivity contribution >= 4 is 22.4 Å². The number of aromatic nitrogens is 1. The summed E-state index contributed by atoms with van der Waals surface area (Å²) in [5, 5.41) is 0.941. The van der Waals surface area contributed by atoms with E-state index in [1.165, 1.54) is 24.2 Å². The molecule has 0 atom stereocenters. The normalized spacial score (nSPS) is 16.1. The zero-order valence-electron chi connectivity index (χ0n) is 11.1. The molecule has 0 bridgehead atoms. The minimum absolute atomic E-state index is 0.156. The highest BCUT2D eigenvalue weighted by Gasteiger charge is 2.29. The standard InChI is InChI=1S/C12H20N4OS/c1-12(2,3)9-8(10(17)15-13)18-11(14-9)16-6-4-5-7-16/h4-7,13H2,1-3H3,(H,15,17). The maximum atomic E-state index is 11.8. The van der Waals surface area contributed by atoms with Gasteiger partial charge in [-0.05, 0) is 12.8 Å². The van der Waals surface area contributed by atoms with E-state index in [0.717, 1.165) is 23.9 Å². The number of hydrogen-bond acceptors (Lipinski definition) is 5. The lowest BCUT2D eigenvalue weighted by Gasteiger charge is -2.17. The molecule has 1 aromatic heterocycles. The monoisotopic (exact) mass is 268 g/mol. The van der Waals surface area contributed by atoms with Gasteiger partial charge in [0.15, 0.2) is 5.13 Å². The molecule has 3 N–H and O–H groups in total. The average Bonchev–Trinajstić information content (AvgIpc) is 2.94. The summed E-state index contributed by atoms with van der Waals surface area (Å²) >= 11 is 1.44. The Hall–Kier alpha value is -1.14. The van der Waals surface area contributed by atoms with E-state index < -0.39 is 0 Å². The molecule has 1 aliphatic rings. The molecule has 18 heavy (non-hydrogen) atoms. The Morgan fingerprint density at radius 2 is 2.00 bits per heavy atom. The zero-order valence-corrected chi connectivity index (χ0v) is 11.9. The van der Waals surface area contributed by atoms with Gasteiger partial charge in [-0.2, -0.15) is 0 Å². The van der Waals surface area contributed by atoms with Crippen LogP contribution in [-0.4, -0.2) is 24.0 Å². The van der Waals surface area contributed by atoms with Crippen molar-refractivity contribution in [1.29, 1.82) is 0 Å². The van der Waals surface area contributed by atoms with Crippen molar-refractivity contribution in [2.24, 2.45) is 5.84 Å². The SMILES string of the molecule is CC(C)(C)c1nc(N2CCCC2)sc1C(=O)NN. The average molecular weight is 268 g/mol. The van der Waals surface area contributed by atoms with Gasteiger partial charge in [0, 0.05) is 18.5 Å². The van der Waals surface area contributed by atoms with E-state index in [-0.39, 0.29) is 11.3 Å². The number of nitrogen functional groups attached to an aromatic ring is 1. The second-order valence-corrected chi connectivity index (χ2v) is 6.57. The third-order valence-electron chi connectivity index (χ3n) is 3.04. The Labute approximate surface area is 111 Å². The third-order valence-corrected chi connectivity index (χ3v) is 4.16. The van der Waals surface area contributed by atoms with Gasteiger partial charge in [-0.25, -0.2) is 10.8 Å². The summed E-state index contributed by atoms with van der Waals surface area (Å²) in [4.78, 5) is 19.4. The highest BCUT2D eigenvalue weighted by Crippen LogP contribution is 2.34. The molecule has 2 rings (SSSR count). The predicted octanol–water partition coefficient (Wildman–Crippen LogP) is 1.64. The van der Waals surface area contributed by atoms with E-state index >= 15 is 0 Å². The number of nitrogens with zero attached hydrogens (tertiary/aromatic N) is 2. The van der Waals surface area contributed by atoms with Crippen LogP contribution in [0.5, 0.6) is 0 Å². The van der Waals surface area contributed by atoms with Crippen molar-refractivity contribution in [1.82, 2.24) is 10.4 Å². The topological polar surface area (TPSA) is 71.2 Å². The smallest absolute Gasteiger partial charge is 0.277 e. The van der Waals surface area contributed by atoms with E-state index in [1.54, 1.807) is 0 Å². The number of amides is 1. The number of hydrazine groups is 1.